The molecule has 1 aromatic heterocycles. The second-order valence-corrected chi connectivity index (χ2v) is 4.69. The number of carbonyl (C=O) groups is 1. The van der Waals surface area contributed by atoms with E-state index in [9.17, 15) is 4.79 Å². The van der Waals surface area contributed by atoms with E-state index in [1.165, 1.54) is 18.9 Å². The van der Waals surface area contributed by atoms with Gasteiger partial charge in [-0.15, -0.1) is 5.10 Å². The number of rotatable bonds is 4. The van der Waals surface area contributed by atoms with Gasteiger partial charge in [0.25, 0.3) is 0 Å². The molecular formula is C8H14N4O2S. The first-order valence-corrected chi connectivity index (χ1v) is 5.39. The summed E-state index contributed by atoms with van der Waals surface area (Å²) in [4.78, 5) is 11.4. The predicted molar refractivity (Wildman–Crippen MR) is 55.3 cm³/mol. The molecule has 84 valence electrons. The molecule has 0 saturated carbocycles. The minimum atomic E-state index is -0.536. The van der Waals surface area contributed by atoms with Gasteiger partial charge in [-0.1, -0.05) is 11.8 Å². The molecule has 0 aromatic carbocycles. The van der Waals surface area contributed by atoms with Gasteiger partial charge in [0.05, 0.1) is 12.5 Å². The van der Waals surface area contributed by atoms with Crippen molar-refractivity contribution in [2.45, 2.75) is 19.0 Å². The van der Waals surface area contributed by atoms with Crippen molar-refractivity contribution in [3.8, 4) is 0 Å². The lowest BCUT2D eigenvalue weighted by atomic mass is 9.97. The molecule has 0 aliphatic carbocycles. The van der Waals surface area contributed by atoms with E-state index in [0.717, 1.165) is 0 Å². The third kappa shape index (κ3) is 2.92. The quantitative estimate of drug-likeness (QED) is 0.554. The van der Waals surface area contributed by atoms with Crippen LogP contribution in [-0.2, 0) is 16.6 Å². The van der Waals surface area contributed by atoms with E-state index >= 15 is 0 Å². The number of esters is 1. The molecule has 15 heavy (non-hydrogen) atoms. The van der Waals surface area contributed by atoms with Gasteiger partial charge in [0, 0.05) is 12.8 Å². The number of thioether (sulfide) groups is 1. The van der Waals surface area contributed by atoms with Gasteiger partial charge in [0.1, 0.15) is 0 Å². The van der Waals surface area contributed by atoms with Crippen molar-refractivity contribution in [1.82, 2.24) is 20.2 Å². The fraction of sp³-hybridized carbons (Fsp3) is 0.750. The van der Waals surface area contributed by atoms with Gasteiger partial charge < -0.3 is 4.74 Å². The zero-order chi connectivity index (χ0) is 11.5. The van der Waals surface area contributed by atoms with Gasteiger partial charge in [-0.3, -0.25) is 4.79 Å². The van der Waals surface area contributed by atoms with Crippen molar-refractivity contribution in [2.24, 2.45) is 12.5 Å². The van der Waals surface area contributed by atoms with Crippen LogP contribution in [0.3, 0.4) is 0 Å². The number of carbonyl (C=O) groups excluding carboxylic acids is 1. The SMILES string of the molecule is COC(=O)C(C)(C)CSc1nnnn1C. The van der Waals surface area contributed by atoms with Gasteiger partial charge in [-0.25, -0.2) is 4.68 Å². The lowest BCUT2D eigenvalue weighted by Gasteiger charge is -2.19. The predicted octanol–water partition coefficient (Wildman–Crippen LogP) is 0.501. The summed E-state index contributed by atoms with van der Waals surface area (Å²) < 4.78 is 6.27. The third-order valence-corrected chi connectivity index (χ3v) is 3.35. The maximum Gasteiger partial charge on any atom is 0.312 e. The van der Waals surface area contributed by atoms with Crippen molar-refractivity contribution in [3.63, 3.8) is 0 Å². The lowest BCUT2D eigenvalue weighted by molar-refractivity contribution is -0.149. The molecule has 0 unspecified atom stereocenters. The number of aryl methyl sites for hydroxylation is 1. The minimum Gasteiger partial charge on any atom is -0.469 e. The largest absolute Gasteiger partial charge is 0.469 e. The Hall–Kier alpha value is -1.11. The summed E-state index contributed by atoms with van der Waals surface area (Å²) in [6, 6.07) is 0. The van der Waals surface area contributed by atoms with Crippen LogP contribution in [0.4, 0.5) is 0 Å². The average Bonchev–Trinajstić information content (AvgIpc) is 2.60. The van der Waals surface area contributed by atoms with E-state index in [4.69, 9.17) is 4.74 Å². The van der Waals surface area contributed by atoms with Gasteiger partial charge >= 0.3 is 5.97 Å². The monoisotopic (exact) mass is 230 g/mol. The van der Waals surface area contributed by atoms with E-state index < -0.39 is 5.41 Å². The topological polar surface area (TPSA) is 69.9 Å². The summed E-state index contributed by atoms with van der Waals surface area (Å²) in [5.41, 5.74) is -0.536. The lowest BCUT2D eigenvalue weighted by Crippen LogP contribution is -2.28. The van der Waals surface area contributed by atoms with E-state index in [1.54, 1.807) is 11.7 Å². The summed E-state index contributed by atoms with van der Waals surface area (Å²) in [6.07, 6.45) is 0. The smallest absolute Gasteiger partial charge is 0.312 e. The Kier molecular flexibility index (Phi) is 3.67. The van der Waals surface area contributed by atoms with Crippen molar-refractivity contribution in [2.75, 3.05) is 12.9 Å². The van der Waals surface area contributed by atoms with Crippen molar-refractivity contribution in [1.29, 1.82) is 0 Å². The summed E-state index contributed by atoms with van der Waals surface area (Å²) in [6.45, 7) is 3.66. The Balaban J connectivity index is 2.57. The maximum atomic E-state index is 11.4. The maximum absolute atomic E-state index is 11.4. The van der Waals surface area contributed by atoms with E-state index in [1.807, 2.05) is 13.8 Å². The first kappa shape index (κ1) is 12.0. The van der Waals surface area contributed by atoms with Crippen LogP contribution in [0.15, 0.2) is 5.16 Å². The fourth-order valence-corrected chi connectivity index (χ4v) is 1.85. The Morgan fingerprint density at radius 3 is 2.73 bits per heavy atom. The molecular weight excluding hydrogens is 216 g/mol. The zero-order valence-corrected chi connectivity index (χ0v) is 10.0. The number of nitrogens with zero attached hydrogens (tertiary/aromatic N) is 4. The molecule has 1 heterocycles. The van der Waals surface area contributed by atoms with Crippen LogP contribution in [0.5, 0.6) is 0 Å². The van der Waals surface area contributed by atoms with Gasteiger partial charge in [0.15, 0.2) is 0 Å². The standard InChI is InChI=1S/C8H14N4O2S/c1-8(2,6(13)14-4)5-15-7-9-10-11-12(7)3/h5H2,1-4H3. The molecule has 1 rings (SSSR count). The third-order valence-electron chi connectivity index (χ3n) is 1.88. The van der Waals surface area contributed by atoms with Crippen molar-refractivity contribution in [3.05, 3.63) is 0 Å². The van der Waals surface area contributed by atoms with Crippen LogP contribution < -0.4 is 0 Å². The van der Waals surface area contributed by atoms with E-state index in [-0.39, 0.29) is 5.97 Å². The molecule has 0 bridgehead atoms. The summed E-state index contributed by atoms with van der Waals surface area (Å²) >= 11 is 1.43. The highest BCUT2D eigenvalue weighted by atomic mass is 32.2. The molecule has 0 spiro atoms. The molecule has 0 aliphatic heterocycles. The first-order valence-electron chi connectivity index (χ1n) is 4.41. The van der Waals surface area contributed by atoms with Crippen LogP contribution in [-0.4, -0.2) is 39.0 Å². The molecule has 0 radical (unpaired) electrons. The summed E-state index contributed by atoms with van der Waals surface area (Å²) in [5, 5.41) is 11.7. The second kappa shape index (κ2) is 4.61. The number of tetrazole rings is 1. The van der Waals surface area contributed by atoms with Crippen LogP contribution >= 0.6 is 11.8 Å². The fourth-order valence-electron chi connectivity index (χ4n) is 0.924. The molecule has 0 atom stereocenters. The molecule has 0 saturated heterocycles. The van der Waals surface area contributed by atoms with Gasteiger partial charge in [-0.2, -0.15) is 0 Å². The molecule has 0 amide bonds. The number of methoxy groups -OCH3 is 1. The Bertz CT molecular complexity index is 350. The molecule has 0 N–H and O–H groups in total. The van der Waals surface area contributed by atoms with Crippen LogP contribution in [0.25, 0.3) is 0 Å². The molecule has 0 aliphatic rings. The highest BCUT2D eigenvalue weighted by molar-refractivity contribution is 7.99. The normalized spacial score (nSPS) is 11.5. The zero-order valence-electron chi connectivity index (χ0n) is 9.22. The Morgan fingerprint density at radius 1 is 1.60 bits per heavy atom. The number of ether oxygens (including phenoxy) is 1. The highest BCUT2D eigenvalue weighted by Gasteiger charge is 2.29. The summed E-state index contributed by atoms with van der Waals surface area (Å²) in [7, 11) is 3.14. The van der Waals surface area contributed by atoms with Crippen LogP contribution in [0, 0.1) is 5.41 Å². The van der Waals surface area contributed by atoms with Gasteiger partial charge in [-0.05, 0) is 24.3 Å². The van der Waals surface area contributed by atoms with E-state index in [2.05, 4.69) is 15.5 Å². The van der Waals surface area contributed by atoms with Crippen LogP contribution in [0.1, 0.15) is 13.8 Å². The molecule has 7 heteroatoms. The van der Waals surface area contributed by atoms with E-state index in [0.29, 0.717) is 10.9 Å². The molecule has 6 nitrogen and oxygen atoms in total. The summed E-state index contributed by atoms with van der Waals surface area (Å²) in [5.74, 6) is 0.346. The Morgan fingerprint density at radius 2 is 2.27 bits per heavy atom. The van der Waals surface area contributed by atoms with Gasteiger partial charge in [0.2, 0.25) is 5.16 Å². The number of hydrogen-bond donors (Lipinski definition) is 0. The molecule has 0 fully saturated rings. The Labute approximate surface area is 92.4 Å². The number of hydrogen-bond acceptors (Lipinski definition) is 6. The average molecular weight is 230 g/mol. The second-order valence-electron chi connectivity index (χ2n) is 3.75. The first-order chi connectivity index (χ1) is 6.97. The van der Waals surface area contributed by atoms with Crippen LogP contribution in [0.2, 0.25) is 0 Å². The number of aromatic nitrogens is 4. The highest BCUT2D eigenvalue weighted by Crippen LogP contribution is 2.26. The minimum absolute atomic E-state index is 0.231. The van der Waals surface area contributed by atoms with Crippen molar-refractivity contribution >= 4 is 17.7 Å². The molecule has 1 aromatic rings. The van der Waals surface area contributed by atoms with Crippen molar-refractivity contribution < 1.29 is 9.53 Å².